The van der Waals surface area contributed by atoms with E-state index in [0.29, 0.717) is 24.1 Å². The van der Waals surface area contributed by atoms with Gasteiger partial charge in [-0.15, -0.1) is 10.2 Å². The second kappa shape index (κ2) is 9.19. The highest BCUT2D eigenvalue weighted by Crippen LogP contribution is 2.28. The Labute approximate surface area is 196 Å². The molecule has 0 saturated carbocycles. The zero-order valence-electron chi connectivity index (χ0n) is 19.2. The molecule has 0 aliphatic rings. The highest BCUT2D eigenvalue weighted by molar-refractivity contribution is 6.04. The van der Waals surface area contributed by atoms with Crippen LogP contribution in [0.3, 0.4) is 0 Å². The maximum atomic E-state index is 5.94. The van der Waals surface area contributed by atoms with E-state index in [1.54, 1.807) is 13.3 Å². The lowest BCUT2D eigenvalue weighted by Gasteiger charge is -2.11. The van der Waals surface area contributed by atoms with E-state index in [-0.39, 0.29) is 0 Å². The van der Waals surface area contributed by atoms with Gasteiger partial charge < -0.3 is 14.0 Å². The van der Waals surface area contributed by atoms with Gasteiger partial charge in [-0.2, -0.15) is 10.1 Å². The summed E-state index contributed by atoms with van der Waals surface area (Å²) in [5.41, 5.74) is 8.57. The van der Waals surface area contributed by atoms with Gasteiger partial charge in [-0.3, -0.25) is 0 Å². The van der Waals surface area contributed by atoms with E-state index in [4.69, 9.17) is 9.47 Å². The van der Waals surface area contributed by atoms with Crippen LogP contribution in [0.5, 0.6) is 11.5 Å². The third-order valence-electron chi connectivity index (χ3n) is 5.59. The zero-order valence-corrected chi connectivity index (χ0v) is 19.2. The quantitative estimate of drug-likeness (QED) is 0.280. The van der Waals surface area contributed by atoms with Gasteiger partial charge in [0, 0.05) is 12.4 Å². The van der Waals surface area contributed by atoms with Crippen LogP contribution in [0.1, 0.15) is 16.7 Å². The number of rotatable bonds is 7. The van der Waals surface area contributed by atoms with Crippen molar-refractivity contribution in [2.75, 3.05) is 12.5 Å². The molecule has 5 aromatic rings. The normalized spacial score (nSPS) is 11.4. The SMILES string of the molecule is COc1cc(/C=N/Nc2nnc3c4ccccc4n(C)c3n2)ccc1OCc1ccc(C)cc1. The van der Waals surface area contributed by atoms with Crippen LogP contribution in [-0.2, 0) is 13.7 Å². The number of nitrogens with zero attached hydrogens (tertiary/aromatic N) is 5. The number of aromatic nitrogens is 4. The fourth-order valence-corrected chi connectivity index (χ4v) is 3.75. The minimum Gasteiger partial charge on any atom is -0.493 e. The molecule has 0 radical (unpaired) electrons. The molecule has 1 N–H and O–H groups in total. The van der Waals surface area contributed by atoms with Crippen molar-refractivity contribution in [3.8, 4) is 11.5 Å². The summed E-state index contributed by atoms with van der Waals surface area (Å²) in [6.45, 7) is 2.53. The lowest BCUT2D eigenvalue weighted by Crippen LogP contribution is -2.01. The Bertz CT molecular complexity index is 1490. The Morgan fingerprint density at radius 1 is 1.00 bits per heavy atom. The number of nitrogens with one attached hydrogen (secondary N) is 1. The minimum atomic E-state index is 0.319. The number of fused-ring (bicyclic) bond motifs is 3. The summed E-state index contributed by atoms with van der Waals surface area (Å²) in [6, 6.07) is 21.9. The third-order valence-corrected chi connectivity index (χ3v) is 5.59. The van der Waals surface area contributed by atoms with Gasteiger partial charge in [-0.05, 0) is 42.3 Å². The molecule has 8 heteroatoms. The minimum absolute atomic E-state index is 0.319. The standard InChI is InChI=1S/C26H24N6O2/c1-17-8-10-18(11-9-17)16-34-22-13-12-19(14-23(22)33-3)15-27-30-26-28-25-24(29-31-26)20-6-4-5-7-21(20)32(25)2/h4-15H,16H2,1-3H3,(H,28,30,31)/b27-15+. The number of hydrazone groups is 1. The molecular weight excluding hydrogens is 428 g/mol. The largest absolute Gasteiger partial charge is 0.493 e. The first-order valence-electron chi connectivity index (χ1n) is 10.9. The molecule has 0 spiro atoms. The van der Waals surface area contributed by atoms with Gasteiger partial charge in [0.2, 0.25) is 0 Å². The molecule has 0 saturated heterocycles. The number of hydrogen-bond acceptors (Lipinski definition) is 7. The van der Waals surface area contributed by atoms with Crippen LogP contribution < -0.4 is 14.9 Å². The Balaban J connectivity index is 1.29. The zero-order chi connectivity index (χ0) is 23.5. The molecule has 0 atom stereocenters. The number of benzene rings is 3. The summed E-state index contributed by atoms with van der Waals surface area (Å²) in [6.07, 6.45) is 1.67. The predicted octanol–water partition coefficient (Wildman–Crippen LogP) is 4.86. The van der Waals surface area contributed by atoms with Crippen LogP contribution in [0.15, 0.2) is 71.8 Å². The van der Waals surface area contributed by atoms with Crippen LogP contribution >= 0.6 is 0 Å². The van der Waals surface area contributed by atoms with Crippen molar-refractivity contribution < 1.29 is 9.47 Å². The fraction of sp³-hybridized carbons (Fsp3) is 0.154. The number of anilines is 1. The summed E-state index contributed by atoms with van der Waals surface area (Å²) in [5, 5.41) is 13.8. The van der Waals surface area contributed by atoms with E-state index < -0.39 is 0 Å². The second-order valence-corrected chi connectivity index (χ2v) is 7.94. The summed E-state index contributed by atoms with van der Waals surface area (Å²) in [5.74, 6) is 1.62. The molecule has 0 aliphatic heterocycles. The van der Waals surface area contributed by atoms with E-state index in [1.807, 2.05) is 54.1 Å². The molecule has 5 rings (SSSR count). The Hall–Kier alpha value is -4.46. The number of aryl methyl sites for hydroxylation is 2. The summed E-state index contributed by atoms with van der Waals surface area (Å²) >= 11 is 0. The maximum absolute atomic E-state index is 5.94. The lowest BCUT2D eigenvalue weighted by atomic mass is 10.2. The molecule has 3 aromatic carbocycles. The molecule has 0 aliphatic carbocycles. The van der Waals surface area contributed by atoms with Crippen LogP contribution in [0.4, 0.5) is 5.95 Å². The maximum Gasteiger partial charge on any atom is 0.265 e. The van der Waals surface area contributed by atoms with Crippen molar-refractivity contribution in [1.82, 2.24) is 19.7 Å². The average molecular weight is 453 g/mol. The monoisotopic (exact) mass is 452 g/mol. The predicted molar refractivity (Wildman–Crippen MR) is 134 cm³/mol. The van der Waals surface area contributed by atoms with Gasteiger partial charge in [0.15, 0.2) is 17.1 Å². The van der Waals surface area contributed by atoms with E-state index in [9.17, 15) is 0 Å². The number of ether oxygens (including phenoxy) is 2. The van der Waals surface area contributed by atoms with Gasteiger partial charge >= 0.3 is 0 Å². The van der Waals surface area contributed by atoms with Gasteiger partial charge in [0.05, 0.1) is 18.8 Å². The topological polar surface area (TPSA) is 86.5 Å². The van der Waals surface area contributed by atoms with Gasteiger partial charge in [0.1, 0.15) is 12.1 Å². The van der Waals surface area contributed by atoms with Crippen molar-refractivity contribution in [2.24, 2.45) is 12.1 Å². The van der Waals surface area contributed by atoms with E-state index in [2.05, 4.69) is 56.9 Å². The molecule has 0 fully saturated rings. The smallest absolute Gasteiger partial charge is 0.265 e. The van der Waals surface area contributed by atoms with Gasteiger partial charge in [0.25, 0.3) is 5.95 Å². The molecule has 2 heterocycles. The number of hydrogen-bond donors (Lipinski definition) is 1. The lowest BCUT2D eigenvalue weighted by molar-refractivity contribution is 0.284. The average Bonchev–Trinajstić information content (AvgIpc) is 3.15. The van der Waals surface area contributed by atoms with Crippen LogP contribution in [0.2, 0.25) is 0 Å². The van der Waals surface area contributed by atoms with E-state index in [0.717, 1.165) is 33.2 Å². The summed E-state index contributed by atoms with van der Waals surface area (Å²) < 4.78 is 13.4. The van der Waals surface area contributed by atoms with Crippen molar-refractivity contribution in [3.05, 3.63) is 83.4 Å². The molecule has 0 bridgehead atoms. The highest BCUT2D eigenvalue weighted by atomic mass is 16.5. The first-order chi connectivity index (χ1) is 16.6. The summed E-state index contributed by atoms with van der Waals surface area (Å²) in [4.78, 5) is 4.57. The van der Waals surface area contributed by atoms with Crippen LogP contribution in [0.25, 0.3) is 22.1 Å². The number of para-hydroxylation sites is 1. The molecule has 0 amide bonds. The molecule has 170 valence electrons. The van der Waals surface area contributed by atoms with E-state index in [1.165, 1.54) is 5.56 Å². The Morgan fingerprint density at radius 2 is 1.82 bits per heavy atom. The van der Waals surface area contributed by atoms with Crippen LogP contribution in [0, 0.1) is 6.92 Å². The van der Waals surface area contributed by atoms with Crippen molar-refractivity contribution in [1.29, 1.82) is 0 Å². The molecule has 2 aromatic heterocycles. The van der Waals surface area contributed by atoms with E-state index >= 15 is 0 Å². The van der Waals surface area contributed by atoms with Crippen molar-refractivity contribution >= 4 is 34.2 Å². The first-order valence-corrected chi connectivity index (χ1v) is 10.9. The molecular formula is C26H24N6O2. The highest BCUT2D eigenvalue weighted by Gasteiger charge is 2.12. The summed E-state index contributed by atoms with van der Waals surface area (Å²) in [7, 11) is 3.58. The molecule has 0 unspecified atom stereocenters. The number of methoxy groups -OCH3 is 1. The molecule has 34 heavy (non-hydrogen) atoms. The van der Waals surface area contributed by atoms with Gasteiger partial charge in [-0.25, -0.2) is 5.43 Å². The first kappa shape index (κ1) is 21.4. The van der Waals surface area contributed by atoms with Crippen LogP contribution in [-0.4, -0.2) is 33.1 Å². The second-order valence-electron chi connectivity index (χ2n) is 7.94. The van der Waals surface area contributed by atoms with Crippen molar-refractivity contribution in [3.63, 3.8) is 0 Å². The van der Waals surface area contributed by atoms with Crippen molar-refractivity contribution in [2.45, 2.75) is 13.5 Å². The Kier molecular flexibility index (Phi) is 5.78. The van der Waals surface area contributed by atoms with Gasteiger partial charge in [-0.1, -0.05) is 48.0 Å². The third kappa shape index (κ3) is 4.25. The molecule has 8 nitrogen and oxygen atoms in total. The Morgan fingerprint density at radius 3 is 2.65 bits per heavy atom. The fourth-order valence-electron chi connectivity index (χ4n) is 3.75.